The van der Waals surface area contributed by atoms with Gasteiger partial charge in [0.25, 0.3) is 0 Å². The highest BCUT2D eigenvalue weighted by Crippen LogP contribution is 2.37. The Bertz CT molecular complexity index is 556. The van der Waals surface area contributed by atoms with Gasteiger partial charge in [0.15, 0.2) is 0 Å². The molecule has 0 aliphatic carbocycles. The van der Waals surface area contributed by atoms with Crippen molar-refractivity contribution < 1.29 is 18.3 Å². The van der Waals surface area contributed by atoms with Crippen molar-refractivity contribution in [3.63, 3.8) is 0 Å². The molecule has 0 radical (unpaired) electrons. The van der Waals surface area contributed by atoms with E-state index in [2.05, 4.69) is 0 Å². The number of nitrogens with zero attached hydrogens (tertiary/aromatic N) is 1. The number of ether oxygens (including phenoxy) is 1. The lowest BCUT2D eigenvalue weighted by atomic mass is 10.0. The molecule has 1 aliphatic heterocycles. The van der Waals surface area contributed by atoms with Crippen LogP contribution in [0.4, 0.5) is 5.69 Å². The van der Waals surface area contributed by atoms with Crippen LogP contribution < -0.4 is 9.04 Å². The summed E-state index contributed by atoms with van der Waals surface area (Å²) in [5.74, 6) is 0.698. The number of anilines is 1. The quantitative estimate of drug-likeness (QED) is 0.914. The van der Waals surface area contributed by atoms with Crippen LogP contribution in [0.1, 0.15) is 31.4 Å². The molecule has 1 aromatic rings. The Kier molecular flexibility index (Phi) is 4.01. The number of rotatable bonds is 4. The summed E-state index contributed by atoms with van der Waals surface area (Å²) in [4.78, 5) is 0. The largest absolute Gasteiger partial charge is 0.497 e. The Balaban J connectivity index is 2.49. The van der Waals surface area contributed by atoms with Crippen LogP contribution in [-0.2, 0) is 10.0 Å². The lowest BCUT2D eigenvalue weighted by molar-refractivity contribution is 0.166. The molecule has 0 aromatic heterocycles. The van der Waals surface area contributed by atoms with Gasteiger partial charge in [0, 0.05) is 18.2 Å². The summed E-state index contributed by atoms with van der Waals surface area (Å²) in [5, 5.41) is 9.98. The summed E-state index contributed by atoms with van der Waals surface area (Å²) >= 11 is 0. The zero-order valence-corrected chi connectivity index (χ0v) is 12.0. The van der Waals surface area contributed by atoms with E-state index in [0.29, 0.717) is 36.4 Å². The smallest absolute Gasteiger partial charge is 0.235 e. The summed E-state index contributed by atoms with van der Waals surface area (Å²) in [6, 6.07) is 5.13. The van der Waals surface area contributed by atoms with Crippen LogP contribution in [0.25, 0.3) is 0 Å². The van der Waals surface area contributed by atoms with Gasteiger partial charge < -0.3 is 9.84 Å². The molecule has 0 fully saturated rings. The van der Waals surface area contributed by atoms with Crippen molar-refractivity contribution in [3.05, 3.63) is 23.8 Å². The third-order valence-electron chi connectivity index (χ3n) is 3.27. The summed E-state index contributed by atoms with van der Waals surface area (Å²) in [5.41, 5.74) is 1.18. The highest BCUT2D eigenvalue weighted by molar-refractivity contribution is 7.92. The molecule has 1 N–H and O–H groups in total. The van der Waals surface area contributed by atoms with E-state index in [9.17, 15) is 13.5 Å². The lowest BCUT2D eigenvalue weighted by Crippen LogP contribution is -2.38. The second-order valence-electron chi connectivity index (χ2n) is 4.62. The first-order valence-electron chi connectivity index (χ1n) is 6.36. The zero-order valence-electron chi connectivity index (χ0n) is 11.2. The molecule has 1 aliphatic rings. The number of fused-ring (bicyclic) bond motifs is 1. The molecule has 2 rings (SSSR count). The van der Waals surface area contributed by atoms with Crippen molar-refractivity contribution in [1.29, 1.82) is 0 Å². The topological polar surface area (TPSA) is 66.8 Å². The van der Waals surface area contributed by atoms with Crippen LogP contribution in [0, 0.1) is 0 Å². The Hall–Kier alpha value is -1.27. The minimum atomic E-state index is -3.33. The highest BCUT2D eigenvalue weighted by Gasteiger charge is 2.31. The van der Waals surface area contributed by atoms with Crippen molar-refractivity contribution in [3.8, 4) is 5.75 Å². The van der Waals surface area contributed by atoms with E-state index in [-0.39, 0.29) is 5.75 Å². The Labute approximate surface area is 113 Å². The molecule has 1 aromatic carbocycles. The monoisotopic (exact) mass is 285 g/mol. The van der Waals surface area contributed by atoms with E-state index < -0.39 is 16.1 Å². The van der Waals surface area contributed by atoms with E-state index in [1.165, 1.54) is 11.4 Å². The van der Waals surface area contributed by atoms with E-state index in [1.807, 2.05) is 6.92 Å². The average Bonchev–Trinajstić information content (AvgIpc) is 2.38. The van der Waals surface area contributed by atoms with Crippen LogP contribution in [0.3, 0.4) is 0 Å². The third-order valence-corrected chi connectivity index (χ3v) is 5.24. The molecule has 0 saturated heterocycles. The van der Waals surface area contributed by atoms with Crippen LogP contribution in [0.2, 0.25) is 0 Å². The van der Waals surface area contributed by atoms with Gasteiger partial charge in [-0.2, -0.15) is 0 Å². The number of sulfonamides is 1. The normalized spacial score (nSPS) is 19.1. The fourth-order valence-electron chi connectivity index (χ4n) is 2.32. The van der Waals surface area contributed by atoms with Crippen molar-refractivity contribution in [2.24, 2.45) is 0 Å². The molecule has 19 heavy (non-hydrogen) atoms. The van der Waals surface area contributed by atoms with Crippen molar-refractivity contribution in [1.82, 2.24) is 0 Å². The van der Waals surface area contributed by atoms with E-state index in [4.69, 9.17) is 4.74 Å². The molecule has 5 nitrogen and oxygen atoms in total. The number of hydrogen-bond donors (Lipinski definition) is 1. The number of methoxy groups -OCH3 is 1. The van der Waals surface area contributed by atoms with Gasteiger partial charge in [0.1, 0.15) is 5.75 Å². The minimum Gasteiger partial charge on any atom is -0.497 e. The Morgan fingerprint density at radius 1 is 1.47 bits per heavy atom. The first-order valence-corrected chi connectivity index (χ1v) is 7.97. The van der Waals surface area contributed by atoms with Crippen molar-refractivity contribution in [2.45, 2.75) is 25.9 Å². The van der Waals surface area contributed by atoms with Gasteiger partial charge in [0.05, 0.1) is 24.7 Å². The molecule has 0 saturated carbocycles. The Morgan fingerprint density at radius 3 is 2.84 bits per heavy atom. The van der Waals surface area contributed by atoms with Crippen LogP contribution in [0.15, 0.2) is 18.2 Å². The summed E-state index contributed by atoms with van der Waals surface area (Å²) in [6.45, 7) is 2.15. The fourth-order valence-corrected chi connectivity index (χ4v) is 3.90. The number of aliphatic hydroxyl groups is 1. The molecule has 0 spiro atoms. The van der Waals surface area contributed by atoms with Gasteiger partial charge in [-0.05, 0) is 18.9 Å². The van der Waals surface area contributed by atoms with Crippen LogP contribution in [0.5, 0.6) is 5.75 Å². The van der Waals surface area contributed by atoms with E-state index in [0.717, 1.165) is 0 Å². The number of aliphatic hydroxyl groups excluding tert-OH is 1. The van der Waals surface area contributed by atoms with Crippen LogP contribution in [-0.4, -0.2) is 32.9 Å². The number of hydrogen-bond acceptors (Lipinski definition) is 4. The van der Waals surface area contributed by atoms with Gasteiger partial charge in [-0.3, -0.25) is 4.31 Å². The maximum Gasteiger partial charge on any atom is 0.235 e. The minimum absolute atomic E-state index is 0.111. The molecule has 1 unspecified atom stereocenters. The van der Waals surface area contributed by atoms with Crippen molar-refractivity contribution in [2.75, 3.05) is 23.7 Å². The van der Waals surface area contributed by atoms with Crippen LogP contribution >= 0.6 is 0 Å². The average molecular weight is 285 g/mol. The maximum absolute atomic E-state index is 12.3. The molecule has 6 heteroatoms. The second kappa shape index (κ2) is 5.38. The molecule has 0 amide bonds. The van der Waals surface area contributed by atoms with E-state index >= 15 is 0 Å². The van der Waals surface area contributed by atoms with Gasteiger partial charge in [0.2, 0.25) is 10.0 Å². The predicted molar refractivity (Wildman–Crippen MR) is 74.0 cm³/mol. The molecule has 1 heterocycles. The summed E-state index contributed by atoms with van der Waals surface area (Å²) < 4.78 is 31.0. The fraction of sp³-hybridized carbons (Fsp3) is 0.538. The summed E-state index contributed by atoms with van der Waals surface area (Å²) in [6.07, 6.45) is 0.372. The van der Waals surface area contributed by atoms with Gasteiger partial charge in [-0.1, -0.05) is 13.0 Å². The maximum atomic E-state index is 12.3. The lowest BCUT2D eigenvalue weighted by Gasteiger charge is -2.33. The Morgan fingerprint density at radius 2 is 2.21 bits per heavy atom. The third kappa shape index (κ3) is 2.69. The molecule has 106 valence electrons. The molecule has 0 bridgehead atoms. The SMILES string of the molecule is CCCS(=O)(=O)N1CCC(O)c2ccc(OC)cc21. The predicted octanol–water partition coefficient (Wildman–Crippen LogP) is 1.68. The first kappa shape index (κ1) is 14.1. The van der Waals surface area contributed by atoms with Gasteiger partial charge in [-0.15, -0.1) is 0 Å². The summed E-state index contributed by atoms with van der Waals surface area (Å²) in [7, 11) is -1.79. The molecular formula is C13H19NO4S. The zero-order chi connectivity index (χ0) is 14.0. The highest BCUT2D eigenvalue weighted by atomic mass is 32.2. The molecular weight excluding hydrogens is 266 g/mol. The van der Waals surface area contributed by atoms with Gasteiger partial charge in [-0.25, -0.2) is 8.42 Å². The van der Waals surface area contributed by atoms with Crippen molar-refractivity contribution >= 4 is 15.7 Å². The van der Waals surface area contributed by atoms with E-state index in [1.54, 1.807) is 18.2 Å². The number of benzene rings is 1. The second-order valence-corrected chi connectivity index (χ2v) is 6.63. The molecule has 1 atom stereocenters. The first-order chi connectivity index (χ1) is 8.99. The standard InChI is InChI=1S/C13H19NO4S/c1-3-8-19(16,17)14-7-6-13(15)11-5-4-10(18-2)9-12(11)14/h4-5,9,13,15H,3,6-8H2,1-2H3. The van der Waals surface area contributed by atoms with Gasteiger partial charge >= 0.3 is 0 Å².